The summed E-state index contributed by atoms with van der Waals surface area (Å²) in [5.41, 5.74) is 9.01. The lowest BCUT2D eigenvalue weighted by Gasteiger charge is -2.19. The molecule has 0 aromatic heterocycles. The van der Waals surface area contributed by atoms with Crippen molar-refractivity contribution in [2.45, 2.75) is 38.2 Å². The predicted molar refractivity (Wildman–Crippen MR) is 156 cm³/mol. The van der Waals surface area contributed by atoms with Crippen LogP contribution in [0.4, 0.5) is 4.39 Å². The lowest BCUT2D eigenvalue weighted by Crippen LogP contribution is -2.26. The van der Waals surface area contributed by atoms with Crippen molar-refractivity contribution in [1.29, 1.82) is 5.41 Å². The molecule has 3 aromatic carbocycles. The van der Waals surface area contributed by atoms with Gasteiger partial charge in [0.2, 0.25) is 0 Å². The third kappa shape index (κ3) is 6.30. The molecule has 5 rings (SSSR count). The van der Waals surface area contributed by atoms with E-state index in [4.69, 9.17) is 33.3 Å². The molecule has 3 N–H and O–H groups in total. The highest BCUT2D eigenvalue weighted by atomic mass is 35.5. The minimum absolute atomic E-state index is 0.0368. The standard InChI is InChI=1S/C31H32Cl2FN3O2/c32-23-8-12-27(29(33)18-23)28-4-1-3-21-17-22(31(35)36-38)7-11-26(21)30(28)20-5-9-24(10-6-20)39-25-13-16-37(19-25)15-2-14-34/h5-12,17-18,25,38H,1-4,13-16,19H2,(H2,35,36)/t25-/m0/s1. The second kappa shape index (κ2) is 12.5. The number of amidine groups is 1. The van der Waals surface area contributed by atoms with Gasteiger partial charge in [-0.1, -0.05) is 53.5 Å². The Hall–Kier alpha value is -2.90. The van der Waals surface area contributed by atoms with Gasteiger partial charge >= 0.3 is 0 Å². The molecule has 0 amide bonds. The number of aryl methyl sites for hydroxylation is 1. The van der Waals surface area contributed by atoms with Crippen LogP contribution in [-0.4, -0.2) is 48.4 Å². The van der Waals surface area contributed by atoms with Crippen LogP contribution in [0.3, 0.4) is 0 Å². The maximum Gasteiger partial charge on any atom is 0.149 e. The molecule has 1 aliphatic carbocycles. The van der Waals surface area contributed by atoms with Crippen molar-refractivity contribution in [3.05, 3.63) is 98.5 Å². The number of allylic oxidation sites excluding steroid dienone is 1. The Kier molecular flexibility index (Phi) is 8.88. The fraction of sp³-hybridized carbons (Fsp3) is 0.323. The fourth-order valence-corrected chi connectivity index (χ4v) is 6.14. The van der Waals surface area contributed by atoms with Gasteiger partial charge in [0.1, 0.15) is 17.7 Å². The predicted octanol–water partition coefficient (Wildman–Crippen LogP) is 7.41. The lowest BCUT2D eigenvalue weighted by atomic mass is 9.87. The van der Waals surface area contributed by atoms with E-state index in [9.17, 15) is 9.60 Å². The molecule has 0 bridgehead atoms. The van der Waals surface area contributed by atoms with E-state index in [1.54, 1.807) is 6.07 Å². The average molecular weight is 569 g/mol. The van der Waals surface area contributed by atoms with Gasteiger partial charge in [0.05, 0.1) is 6.67 Å². The number of ether oxygens (including phenoxy) is 1. The summed E-state index contributed by atoms with van der Waals surface area (Å²) >= 11 is 12.9. The van der Waals surface area contributed by atoms with Gasteiger partial charge in [-0.2, -0.15) is 0 Å². The maximum absolute atomic E-state index is 12.6. The first-order chi connectivity index (χ1) is 19.0. The first-order valence-electron chi connectivity index (χ1n) is 13.3. The van der Waals surface area contributed by atoms with Crippen LogP contribution in [0.25, 0.3) is 11.1 Å². The molecule has 8 heteroatoms. The Bertz CT molecular complexity index is 1380. The first kappa shape index (κ1) is 27.7. The molecule has 0 radical (unpaired) electrons. The fourth-order valence-electron chi connectivity index (χ4n) is 5.61. The normalized spacial score (nSPS) is 17.6. The Morgan fingerprint density at radius 2 is 1.85 bits per heavy atom. The lowest BCUT2D eigenvalue weighted by molar-refractivity contribution is 0.198. The second-order valence-corrected chi connectivity index (χ2v) is 10.9. The molecule has 5 nitrogen and oxygen atoms in total. The zero-order valence-corrected chi connectivity index (χ0v) is 23.2. The molecule has 0 unspecified atom stereocenters. The van der Waals surface area contributed by atoms with Gasteiger partial charge in [-0.05, 0) is 95.8 Å². The molecular weight excluding hydrogens is 536 g/mol. The highest BCUT2D eigenvalue weighted by molar-refractivity contribution is 6.36. The van der Waals surface area contributed by atoms with Crippen LogP contribution in [0.2, 0.25) is 10.0 Å². The van der Waals surface area contributed by atoms with E-state index in [-0.39, 0.29) is 18.6 Å². The first-order valence-corrected chi connectivity index (χ1v) is 14.1. The molecule has 3 aromatic rings. The number of hydroxylamine groups is 1. The van der Waals surface area contributed by atoms with Gasteiger partial charge in [0, 0.05) is 35.2 Å². The number of benzene rings is 3. The Morgan fingerprint density at radius 1 is 1.05 bits per heavy atom. The molecule has 1 saturated heterocycles. The number of alkyl halides is 1. The molecule has 39 heavy (non-hydrogen) atoms. The number of nitrogens with one attached hydrogen (secondary N) is 2. The molecular formula is C31H32Cl2FN3O2. The van der Waals surface area contributed by atoms with Crippen molar-refractivity contribution in [2.75, 3.05) is 26.3 Å². The van der Waals surface area contributed by atoms with E-state index in [0.29, 0.717) is 22.0 Å². The van der Waals surface area contributed by atoms with Gasteiger partial charge in [-0.25, -0.2) is 0 Å². The van der Waals surface area contributed by atoms with Crippen molar-refractivity contribution in [3.63, 3.8) is 0 Å². The quantitative estimate of drug-likeness (QED) is 0.150. The van der Waals surface area contributed by atoms with Gasteiger partial charge in [-0.3, -0.25) is 25.4 Å². The van der Waals surface area contributed by atoms with E-state index in [1.165, 1.54) is 0 Å². The maximum atomic E-state index is 12.6. The summed E-state index contributed by atoms with van der Waals surface area (Å²) in [7, 11) is 0. The van der Waals surface area contributed by atoms with E-state index in [2.05, 4.69) is 17.0 Å². The molecule has 2 aliphatic rings. The van der Waals surface area contributed by atoms with Crippen molar-refractivity contribution < 1.29 is 14.3 Å². The van der Waals surface area contributed by atoms with Gasteiger partial charge in [0.15, 0.2) is 0 Å². The number of fused-ring (bicyclic) bond motifs is 1. The van der Waals surface area contributed by atoms with E-state index in [1.807, 2.05) is 47.9 Å². The van der Waals surface area contributed by atoms with E-state index >= 15 is 0 Å². The number of likely N-dealkylation sites (tertiary alicyclic amines) is 1. The highest BCUT2D eigenvalue weighted by Gasteiger charge is 2.25. The van der Waals surface area contributed by atoms with Crippen molar-refractivity contribution in [3.8, 4) is 5.75 Å². The molecule has 1 heterocycles. The molecule has 0 spiro atoms. The topological polar surface area (TPSA) is 68.6 Å². The third-order valence-corrected chi connectivity index (χ3v) is 8.04. The zero-order chi connectivity index (χ0) is 27.4. The van der Waals surface area contributed by atoms with Gasteiger partial charge in [-0.15, -0.1) is 0 Å². The molecule has 1 aliphatic heterocycles. The van der Waals surface area contributed by atoms with Crippen molar-refractivity contribution in [1.82, 2.24) is 10.4 Å². The van der Waals surface area contributed by atoms with Crippen LogP contribution in [0, 0.1) is 5.41 Å². The van der Waals surface area contributed by atoms with Crippen LogP contribution < -0.4 is 10.2 Å². The summed E-state index contributed by atoms with van der Waals surface area (Å²) in [4.78, 5) is 2.26. The van der Waals surface area contributed by atoms with Crippen LogP contribution >= 0.6 is 23.2 Å². The largest absolute Gasteiger partial charge is 0.489 e. The smallest absolute Gasteiger partial charge is 0.149 e. The number of halogens is 3. The third-order valence-electron chi connectivity index (χ3n) is 7.49. The van der Waals surface area contributed by atoms with Crippen LogP contribution in [-0.2, 0) is 6.42 Å². The Morgan fingerprint density at radius 3 is 2.59 bits per heavy atom. The summed E-state index contributed by atoms with van der Waals surface area (Å²) < 4.78 is 18.8. The summed E-state index contributed by atoms with van der Waals surface area (Å²) in [6.45, 7) is 2.24. The SMILES string of the molecule is N=C(NO)c1ccc2c(c1)CCCC(c1ccc(Cl)cc1Cl)=C2c1ccc(O[C@H]2CCN(CCCF)C2)cc1. The summed E-state index contributed by atoms with van der Waals surface area (Å²) in [5.74, 6) is 0.777. The summed E-state index contributed by atoms with van der Waals surface area (Å²) in [6, 6.07) is 19.7. The number of hydrogen-bond donors (Lipinski definition) is 3. The summed E-state index contributed by atoms with van der Waals surface area (Å²) in [5, 5.41) is 18.5. The van der Waals surface area contributed by atoms with E-state index < -0.39 is 0 Å². The molecule has 1 fully saturated rings. The zero-order valence-electron chi connectivity index (χ0n) is 21.7. The molecule has 1 atom stereocenters. The number of nitrogens with zero attached hydrogens (tertiary/aromatic N) is 1. The van der Waals surface area contributed by atoms with Gasteiger partial charge in [0.25, 0.3) is 0 Å². The Labute approximate surface area is 238 Å². The average Bonchev–Trinajstić information content (AvgIpc) is 3.30. The molecule has 0 saturated carbocycles. The van der Waals surface area contributed by atoms with Crippen LogP contribution in [0.1, 0.15) is 53.5 Å². The van der Waals surface area contributed by atoms with Crippen molar-refractivity contribution >= 4 is 40.2 Å². The monoisotopic (exact) mass is 567 g/mol. The van der Waals surface area contributed by atoms with Crippen LogP contribution in [0.15, 0.2) is 60.7 Å². The second-order valence-electron chi connectivity index (χ2n) is 10.1. The van der Waals surface area contributed by atoms with Crippen LogP contribution in [0.5, 0.6) is 5.75 Å². The minimum Gasteiger partial charge on any atom is -0.489 e. The summed E-state index contributed by atoms with van der Waals surface area (Å²) in [6.07, 6.45) is 4.18. The molecule has 204 valence electrons. The number of rotatable bonds is 8. The minimum atomic E-state index is -0.284. The van der Waals surface area contributed by atoms with E-state index in [0.717, 1.165) is 84.5 Å². The number of hydrogen-bond acceptors (Lipinski definition) is 4. The van der Waals surface area contributed by atoms with Gasteiger partial charge < -0.3 is 4.74 Å². The Balaban J connectivity index is 1.51. The van der Waals surface area contributed by atoms with Crippen molar-refractivity contribution in [2.24, 2.45) is 0 Å². The highest BCUT2D eigenvalue weighted by Crippen LogP contribution is 2.42.